The zero-order valence-corrected chi connectivity index (χ0v) is 14.3. The van der Waals surface area contributed by atoms with E-state index >= 15 is 0 Å². The molecule has 10 nitrogen and oxygen atoms in total. The molecular formula is C15H22N6O4. The topological polar surface area (TPSA) is 117 Å². The van der Waals surface area contributed by atoms with E-state index in [0.717, 1.165) is 17.0 Å². The summed E-state index contributed by atoms with van der Waals surface area (Å²) in [6, 6.07) is -0.0874. The number of rotatable bonds is 7. The van der Waals surface area contributed by atoms with Gasteiger partial charge in [0.1, 0.15) is 18.2 Å². The maximum absolute atomic E-state index is 12.2. The van der Waals surface area contributed by atoms with Gasteiger partial charge in [0.15, 0.2) is 0 Å². The van der Waals surface area contributed by atoms with E-state index in [1.165, 1.54) is 11.0 Å². The molecular weight excluding hydrogens is 328 g/mol. The second kappa shape index (κ2) is 8.17. The van der Waals surface area contributed by atoms with Crippen LogP contribution in [0, 0.1) is 13.8 Å². The number of hydrogen-bond donors (Lipinski definition) is 1. The average molecular weight is 350 g/mol. The molecule has 3 heterocycles. The van der Waals surface area contributed by atoms with E-state index in [1.54, 1.807) is 0 Å². The molecule has 0 unspecified atom stereocenters. The van der Waals surface area contributed by atoms with Gasteiger partial charge in [0, 0.05) is 18.6 Å². The molecule has 136 valence electrons. The Labute approximate surface area is 144 Å². The van der Waals surface area contributed by atoms with Crippen molar-refractivity contribution in [3.05, 3.63) is 23.3 Å². The Hall–Kier alpha value is -2.33. The van der Waals surface area contributed by atoms with Gasteiger partial charge in [-0.1, -0.05) is 5.16 Å². The van der Waals surface area contributed by atoms with Crippen LogP contribution in [0.5, 0.6) is 0 Å². The first-order valence-electron chi connectivity index (χ1n) is 8.24. The molecule has 0 spiro atoms. The molecule has 1 N–H and O–H groups in total. The van der Waals surface area contributed by atoms with Gasteiger partial charge in [-0.3, -0.25) is 4.79 Å². The van der Waals surface area contributed by atoms with Crippen LogP contribution in [-0.2, 0) is 27.4 Å². The summed E-state index contributed by atoms with van der Waals surface area (Å²) in [5.74, 6) is 0.685. The summed E-state index contributed by atoms with van der Waals surface area (Å²) in [5, 5.41) is 17.8. The molecule has 0 aromatic carbocycles. The smallest absolute Gasteiger partial charge is 0.222 e. The minimum Gasteiger partial charge on any atom is -0.379 e. The molecule has 1 saturated heterocycles. The van der Waals surface area contributed by atoms with Gasteiger partial charge in [0.25, 0.3) is 0 Å². The van der Waals surface area contributed by atoms with Crippen molar-refractivity contribution < 1.29 is 18.8 Å². The second-order valence-electron chi connectivity index (χ2n) is 6.01. The van der Waals surface area contributed by atoms with Crippen LogP contribution in [0.3, 0.4) is 0 Å². The molecule has 0 aliphatic carbocycles. The van der Waals surface area contributed by atoms with Crippen molar-refractivity contribution in [2.75, 3.05) is 13.2 Å². The Morgan fingerprint density at radius 3 is 3.08 bits per heavy atom. The normalized spacial score (nSPS) is 20.6. The summed E-state index contributed by atoms with van der Waals surface area (Å²) in [5.41, 5.74) is 1.76. The van der Waals surface area contributed by atoms with E-state index in [9.17, 15) is 4.79 Å². The van der Waals surface area contributed by atoms with Crippen LogP contribution < -0.4 is 5.32 Å². The fraction of sp³-hybridized carbons (Fsp3) is 0.667. The number of carbonyl (C=O) groups excluding carboxylic acids is 1. The van der Waals surface area contributed by atoms with Gasteiger partial charge in [-0.25, -0.2) is 4.68 Å². The molecule has 2 atom stereocenters. The standard InChI is InChI=1S/C15H22N6O4/c1-10-12(11(2)25-18-10)7-24-14-8-23-6-4-13(14)17-15(22)3-5-21-9-16-19-20-21/h9,13-14H,3-8H2,1-2H3,(H,17,22)/t13-,14-/m1/s1. The summed E-state index contributed by atoms with van der Waals surface area (Å²) in [6.45, 7) is 5.60. The summed E-state index contributed by atoms with van der Waals surface area (Å²) in [4.78, 5) is 12.2. The highest BCUT2D eigenvalue weighted by atomic mass is 16.5. The molecule has 1 amide bonds. The number of hydrogen-bond acceptors (Lipinski definition) is 8. The minimum absolute atomic E-state index is 0.0617. The predicted molar refractivity (Wildman–Crippen MR) is 84.4 cm³/mol. The Kier molecular flexibility index (Phi) is 5.71. The lowest BCUT2D eigenvalue weighted by Crippen LogP contribution is -2.50. The third-order valence-electron chi connectivity index (χ3n) is 4.23. The molecule has 1 aliphatic heterocycles. The summed E-state index contributed by atoms with van der Waals surface area (Å²) in [7, 11) is 0. The van der Waals surface area contributed by atoms with E-state index in [1.807, 2.05) is 13.8 Å². The van der Waals surface area contributed by atoms with Crippen LogP contribution >= 0.6 is 0 Å². The van der Waals surface area contributed by atoms with Gasteiger partial charge in [-0.2, -0.15) is 0 Å². The quantitative estimate of drug-likeness (QED) is 0.750. The maximum Gasteiger partial charge on any atom is 0.222 e. The first-order valence-corrected chi connectivity index (χ1v) is 8.24. The number of tetrazole rings is 1. The number of nitrogens with one attached hydrogen (secondary N) is 1. The highest BCUT2D eigenvalue weighted by Crippen LogP contribution is 2.18. The van der Waals surface area contributed by atoms with E-state index < -0.39 is 0 Å². The fourth-order valence-corrected chi connectivity index (χ4v) is 2.72. The number of amides is 1. The zero-order valence-electron chi connectivity index (χ0n) is 14.3. The number of nitrogens with zero attached hydrogens (tertiary/aromatic N) is 5. The molecule has 0 bridgehead atoms. The largest absolute Gasteiger partial charge is 0.379 e. The van der Waals surface area contributed by atoms with Gasteiger partial charge in [0.2, 0.25) is 5.91 Å². The summed E-state index contributed by atoms with van der Waals surface area (Å²) in [6.07, 6.45) is 2.29. The van der Waals surface area contributed by atoms with Crippen LogP contribution in [0.15, 0.2) is 10.9 Å². The Morgan fingerprint density at radius 1 is 1.48 bits per heavy atom. The van der Waals surface area contributed by atoms with Crippen molar-refractivity contribution in [1.82, 2.24) is 30.7 Å². The second-order valence-corrected chi connectivity index (χ2v) is 6.01. The molecule has 2 aromatic rings. The molecule has 25 heavy (non-hydrogen) atoms. The zero-order chi connectivity index (χ0) is 17.6. The minimum atomic E-state index is -0.209. The van der Waals surface area contributed by atoms with Crippen LogP contribution in [0.4, 0.5) is 0 Å². The summed E-state index contributed by atoms with van der Waals surface area (Å²) < 4.78 is 18.1. The lowest BCUT2D eigenvalue weighted by molar-refractivity contribution is -0.127. The predicted octanol–water partition coefficient (Wildman–Crippen LogP) is 0.159. The molecule has 1 fully saturated rings. The van der Waals surface area contributed by atoms with Gasteiger partial charge in [0.05, 0.1) is 31.5 Å². The average Bonchev–Trinajstić information content (AvgIpc) is 3.23. The first kappa shape index (κ1) is 17.5. The Balaban J connectivity index is 1.50. The lowest BCUT2D eigenvalue weighted by Gasteiger charge is -2.32. The van der Waals surface area contributed by atoms with Gasteiger partial charge in [-0.15, -0.1) is 5.10 Å². The number of aromatic nitrogens is 5. The monoisotopic (exact) mass is 350 g/mol. The highest BCUT2D eigenvalue weighted by Gasteiger charge is 2.28. The number of carbonyl (C=O) groups is 1. The van der Waals surface area contributed by atoms with Crippen molar-refractivity contribution in [1.29, 1.82) is 0 Å². The third kappa shape index (κ3) is 4.60. The van der Waals surface area contributed by atoms with Crippen molar-refractivity contribution in [2.45, 2.75) is 52.0 Å². The van der Waals surface area contributed by atoms with Gasteiger partial charge < -0.3 is 19.3 Å². The third-order valence-corrected chi connectivity index (χ3v) is 4.23. The van der Waals surface area contributed by atoms with Crippen LogP contribution in [0.1, 0.15) is 29.9 Å². The number of ether oxygens (including phenoxy) is 2. The lowest BCUT2D eigenvalue weighted by atomic mass is 10.1. The van der Waals surface area contributed by atoms with Gasteiger partial charge in [-0.05, 0) is 30.7 Å². The van der Waals surface area contributed by atoms with E-state index in [-0.39, 0.29) is 18.1 Å². The molecule has 0 radical (unpaired) electrons. The van der Waals surface area contributed by atoms with Crippen molar-refractivity contribution in [2.24, 2.45) is 0 Å². The van der Waals surface area contributed by atoms with E-state index in [2.05, 4.69) is 26.0 Å². The number of aryl methyl sites for hydroxylation is 3. The van der Waals surface area contributed by atoms with Crippen molar-refractivity contribution in [3.8, 4) is 0 Å². The summed E-state index contributed by atoms with van der Waals surface area (Å²) >= 11 is 0. The van der Waals surface area contributed by atoms with Crippen molar-refractivity contribution >= 4 is 5.91 Å². The molecule has 10 heteroatoms. The van der Waals surface area contributed by atoms with Crippen LogP contribution in [-0.4, -0.2) is 56.6 Å². The SMILES string of the molecule is Cc1noc(C)c1CO[C@@H]1COCC[C@H]1NC(=O)CCn1cnnn1. The maximum atomic E-state index is 12.2. The van der Waals surface area contributed by atoms with Gasteiger partial charge >= 0.3 is 0 Å². The highest BCUT2D eigenvalue weighted by molar-refractivity contribution is 5.76. The van der Waals surface area contributed by atoms with Crippen LogP contribution in [0.25, 0.3) is 0 Å². The Morgan fingerprint density at radius 2 is 2.36 bits per heavy atom. The first-order chi connectivity index (χ1) is 12.1. The van der Waals surface area contributed by atoms with E-state index in [4.69, 9.17) is 14.0 Å². The molecule has 2 aromatic heterocycles. The molecule has 1 aliphatic rings. The molecule has 3 rings (SSSR count). The fourth-order valence-electron chi connectivity index (χ4n) is 2.72. The molecule has 0 saturated carbocycles. The Bertz CT molecular complexity index is 667. The van der Waals surface area contributed by atoms with Crippen molar-refractivity contribution in [3.63, 3.8) is 0 Å². The van der Waals surface area contributed by atoms with E-state index in [0.29, 0.717) is 39.2 Å². The van der Waals surface area contributed by atoms with Crippen LogP contribution in [0.2, 0.25) is 0 Å².